The van der Waals surface area contributed by atoms with Crippen LogP contribution in [0.2, 0.25) is 0 Å². The lowest BCUT2D eigenvalue weighted by Crippen LogP contribution is -2.41. The van der Waals surface area contributed by atoms with Gasteiger partial charge in [0.05, 0.1) is 17.5 Å². The van der Waals surface area contributed by atoms with E-state index in [4.69, 9.17) is 13.7 Å². The van der Waals surface area contributed by atoms with Crippen LogP contribution in [-0.4, -0.2) is 18.3 Å². The van der Waals surface area contributed by atoms with Gasteiger partial charge in [0, 0.05) is 0 Å². The van der Waals surface area contributed by atoms with Gasteiger partial charge in [-0.2, -0.15) is 0 Å². The van der Waals surface area contributed by atoms with E-state index < -0.39 is 0 Å². The molecule has 0 aromatic carbocycles. The fraction of sp³-hybridized carbons (Fsp3) is 0.500. The Kier molecular flexibility index (Phi) is 2.72. The van der Waals surface area contributed by atoms with E-state index in [1.165, 1.54) is 0 Å². The first-order valence-electron chi connectivity index (χ1n) is 5.48. The van der Waals surface area contributed by atoms with Gasteiger partial charge in [-0.15, -0.1) is 0 Å². The zero-order valence-electron chi connectivity index (χ0n) is 10.2. The van der Waals surface area contributed by atoms with Gasteiger partial charge in [0.15, 0.2) is 0 Å². The van der Waals surface area contributed by atoms with E-state index in [1.54, 1.807) is 6.26 Å². The highest BCUT2D eigenvalue weighted by Gasteiger charge is 2.49. The van der Waals surface area contributed by atoms with Crippen LogP contribution in [0.1, 0.15) is 33.5 Å². The van der Waals surface area contributed by atoms with Gasteiger partial charge in [-0.3, -0.25) is 0 Å². The summed E-state index contributed by atoms with van der Waals surface area (Å²) in [6.45, 7) is 8.14. The topological polar surface area (TPSA) is 31.6 Å². The molecular weight excluding hydrogens is 203 g/mol. The average molecular weight is 220 g/mol. The molecule has 4 heteroatoms. The smallest absolute Gasteiger partial charge is 0.465 e. The van der Waals surface area contributed by atoms with E-state index in [0.29, 0.717) is 0 Å². The lowest BCUT2D eigenvalue weighted by Gasteiger charge is -2.32. The number of furan rings is 1. The molecule has 2 heterocycles. The van der Waals surface area contributed by atoms with Crippen LogP contribution in [0.3, 0.4) is 0 Å². The predicted molar refractivity (Wildman–Crippen MR) is 63.8 cm³/mol. The molecule has 0 unspecified atom stereocenters. The van der Waals surface area contributed by atoms with Gasteiger partial charge < -0.3 is 13.7 Å². The molecule has 1 aliphatic rings. The van der Waals surface area contributed by atoms with Crippen molar-refractivity contribution in [1.82, 2.24) is 0 Å². The van der Waals surface area contributed by atoms with Gasteiger partial charge >= 0.3 is 7.12 Å². The highest BCUT2D eigenvalue weighted by molar-refractivity contribution is 6.52. The predicted octanol–water partition coefficient (Wildman–Crippen LogP) is 2.92. The Labute approximate surface area is 96.6 Å². The first-order chi connectivity index (χ1) is 7.41. The van der Waals surface area contributed by atoms with E-state index in [9.17, 15) is 0 Å². The molecule has 0 N–H and O–H groups in total. The Morgan fingerprint density at radius 1 is 1.12 bits per heavy atom. The highest BCUT2D eigenvalue weighted by Crippen LogP contribution is 2.36. The maximum Gasteiger partial charge on any atom is 0.487 e. The molecule has 1 saturated heterocycles. The van der Waals surface area contributed by atoms with Crippen LogP contribution < -0.4 is 0 Å². The number of rotatable bonds is 2. The molecule has 1 aliphatic heterocycles. The second-order valence-corrected chi connectivity index (χ2v) is 5.00. The first-order valence-corrected chi connectivity index (χ1v) is 5.48. The zero-order valence-corrected chi connectivity index (χ0v) is 10.2. The normalized spacial score (nSPS) is 23.1. The van der Waals surface area contributed by atoms with E-state index >= 15 is 0 Å². The molecule has 1 aromatic heterocycles. The summed E-state index contributed by atoms with van der Waals surface area (Å²) in [5.41, 5.74) is -0.573. The van der Waals surface area contributed by atoms with E-state index in [0.717, 1.165) is 5.76 Å². The van der Waals surface area contributed by atoms with Crippen LogP contribution >= 0.6 is 0 Å². The van der Waals surface area contributed by atoms with Crippen molar-refractivity contribution >= 4 is 13.2 Å². The third-order valence-corrected chi connectivity index (χ3v) is 3.23. The van der Waals surface area contributed by atoms with Gasteiger partial charge in [-0.1, -0.05) is 5.98 Å². The lowest BCUT2D eigenvalue weighted by atomic mass is 9.90. The summed E-state index contributed by atoms with van der Waals surface area (Å²) < 4.78 is 16.8. The largest absolute Gasteiger partial charge is 0.487 e. The molecule has 0 amide bonds. The van der Waals surface area contributed by atoms with Crippen molar-refractivity contribution in [3.63, 3.8) is 0 Å². The molecular formula is C12H17BO3. The van der Waals surface area contributed by atoms with Gasteiger partial charge in [0.2, 0.25) is 0 Å². The van der Waals surface area contributed by atoms with Crippen molar-refractivity contribution in [1.29, 1.82) is 0 Å². The first kappa shape index (κ1) is 11.5. The van der Waals surface area contributed by atoms with Crippen LogP contribution in [0.15, 0.2) is 28.8 Å². The molecule has 2 rings (SSSR count). The minimum Gasteiger partial charge on any atom is -0.465 e. The van der Waals surface area contributed by atoms with E-state index in [-0.39, 0.29) is 18.3 Å². The second kappa shape index (κ2) is 3.79. The average Bonchev–Trinajstić information content (AvgIpc) is 2.70. The van der Waals surface area contributed by atoms with Crippen molar-refractivity contribution in [2.75, 3.05) is 0 Å². The Morgan fingerprint density at radius 3 is 2.25 bits per heavy atom. The van der Waals surface area contributed by atoms with Gasteiger partial charge in [-0.05, 0) is 45.9 Å². The monoisotopic (exact) mass is 220 g/mol. The third kappa shape index (κ3) is 2.08. The van der Waals surface area contributed by atoms with Gasteiger partial charge in [0.25, 0.3) is 0 Å². The third-order valence-electron chi connectivity index (χ3n) is 3.23. The maximum absolute atomic E-state index is 5.81. The summed E-state index contributed by atoms with van der Waals surface area (Å²) in [7, 11) is -0.310. The Bertz CT molecular complexity index is 363. The molecule has 0 saturated carbocycles. The molecule has 16 heavy (non-hydrogen) atoms. The molecule has 0 radical (unpaired) electrons. The molecule has 0 atom stereocenters. The molecule has 1 aromatic rings. The summed E-state index contributed by atoms with van der Waals surface area (Å²) in [6.07, 6.45) is 3.51. The van der Waals surface area contributed by atoms with Crippen LogP contribution in [0.25, 0.3) is 6.08 Å². The highest BCUT2D eigenvalue weighted by atomic mass is 16.7. The standard InChI is InChI=1S/C12H17BO3/c1-11(2)12(3,4)16-13(15-11)8-7-10-6-5-9-14-10/h5-9H,1-4H3. The van der Waals surface area contributed by atoms with Crippen LogP contribution in [-0.2, 0) is 9.31 Å². The molecule has 0 aliphatic carbocycles. The zero-order chi connectivity index (χ0) is 11.8. The molecule has 0 spiro atoms. The SMILES string of the molecule is CC1(C)OB(C=Cc2ccco2)OC1(C)C. The Hall–Kier alpha value is -0.995. The summed E-state index contributed by atoms with van der Waals surface area (Å²) in [6, 6.07) is 3.74. The summed E-state index contributed by atoms with van der Waals surface area (Å²) in [5, 5.41) is 0. The van der Waals surface area contributed by atoms with E-state index in [1.807, 2.05) is 51.9 Å². The lowest BCUT2D eigenvalue weighted by molar-refractivity contribution is 0.00578. The van der Waals surface area contributed by atoms with Crippen molar-refractivity contribution in [2.45, 2.75) is 38.9 Å². The molecule has 86 valence electrons. The van der Waals surface area contributed by atoms with Crippen LogP contribution in [0.5, 0.6) is 0 Å². The minimum atomic E-state index is -0.310. The minimum absolute atomic E-state index is 0.287. The van der Waals surface area contributed by atoms with Crippen molar-refractivity contribution in [3.05, 3.63) is 30.1 Å². The van der Waals surface area contributed by atoms with Crippen LogP contribution in [0.4, 0.5) is 0 Å². The van der Waals surface area contributed by atoms with Gasteiger partial charge in [0.1, 0.15) is 5.76 Å². The molecule has 3 nitrogen and oxygen atoms in total. The Balaban J connectivity index is 2.05. The molecule has 1 fully saturated rings. The van der Waals surface area contributed by atoms with Gasteiger partial charge in [-0.25, -0.2) is 0 Å². The van der Waals surface area contributed by atoms with Crippen molar-refractivity contribution in [2.24, 2.45) is 0 Å². The van der Waals surface area contributed by atoms with Crippen LogP contribution in [0, 0.1) is 0 Å². The molecule has 0 bridgehead atoms. The second-order valence-electron chi connectivity index (χ2n) is 5.00. The van der Waals surface area contributed by atoms with E-state index in [2.05, 4.69) is 0 Å². The summed E-state index contributed by atoms with van der Waals surface area (Å²) in [5.74, 6) is 2.67. The number of hydrogen-bond donors (Lipinski definition) is 0. The maximum atomic E-state index is 5.81. The Morgan fingerprint density at radius 2 is 1.75 bits per heavy atom. The van der Waals surface area contributed by atoms with Crippen molar-refractivity contribution in [3.8, 4) is 0 Å². The summed E-state index contributed by atoms with van der Waals surface area (Å²) in [4.78, 5) is 0. The number of hydrogen-bond acceptors (Lipinski definition) is 3. The summed E-state index contributed by atoms with van der Waals surface area (Å²) >= 11 is 0. The quantitative estimate of drug-likeness (QED) is 0.718. The fourth-order valence-electron chi connectivity index (χ4n) is 1.53. The van der Waals surface area contributed by atoms with Crippen molar-refractivity contribution < 1.29 is 13.7 Å². The fourth-order valence-corrected chi connectivity index (χ4v) is 1.53.